The fourth-order valence-corrected chi connectivity index (χ4v) is 5.47. The lowest BCUT2D eigenvalue weighted by molar-refractivity contribution is 0.0240. The molecule has 2 aliphatic rings. The van der Waals surface area contributed by atoms with Crippen molar-refractivity contribution in [2.45, 2.75) is 58.3 Å². The number of piperazine rings is 1. The zero-order valence-electron chi connectivity index (χ0n) is 25.5. The molecule has 1 atom stereocenters. The third kappa shape index (κ3) is 6.02. The predicted molar refractivity (Wildman–Crippen MR) is 169 cm³/mol. The second-order valence-electron chi connectivity index (χ2n) is 12.4. The molecule has 0 aliphatic carbocycles. The van der Waals surface area contributed by atoms with Gasteiger partial charge in [-0.2, -0.15) is 4.98 Å². The van der Waals surface area contributed by atoms with E-state index in [9.17, 15) is 14.7 Å². The van der Waals surface area contributed by atoms with Gasteiger partial charge in [0.25, 0.3) is 5.56 Å². The Labute approximate surface area is 255 Å². The molecular weight excluding hydrogens is 560 g/mol. The maximum Gasteiger partial charge on any atom is 0.410 e. The smallest absolute Gasteiger partial charge is 0.410 e. The number of fused-ring (bicyclic) bond motifs is 6. The summed E-state index contributed by atoms with van der Waals surface area (Å²) in [6.45, 7) is 10.3. The van der Waals surface area contributed by atoms with Crippen LogP contribution in [0.3, 0.4) is 0 Å². The fourth-order valence-electron chi connectivity index (χ4n) is 5.47. The van der Waals surface area contributed by atoms with E-state index in [2.05, 4.69) is 15.2 Å². The second-order valence-corrected chi connectivity index (χ2v) is 12.4. The fraction of sp³-hybridized carbons (Fsp3) is 0.406. The average Bonchev–Trinajstić information content (AvgIpc) is 3.26. The van der Waals surface area contributed by atoms with Crippen molar-refractivity contribution in [3.8, 4) is 5.82 Å². The Kier molecular flexibility index (Phi) is 7.62. The van der Waals surface area contributed by atoms with Gasteiger partial charge in [0, 0.05) is 43.8 Å². The van der Waals surface area contributed by atoms with Crippen molar-refractivity contribution in [2.75, 3.05) is 36.4 Å². The molecule has 1 fully saturated rings. The van der Waals surface area contributed by atoms with Gasteiger partial charge < -0.3 is 25.0 Å². The molecule has 2 N–H and O–H groups in total. The van der Waals surface area contributed by atoms with Crippen molar-refractivity contribution in [3.63, 3.8) is 0 Å². The first-order chi connectivity index (χ1) is 21.0. The summed E-state index contributed by atoms with van der Waals surface area (Å²) in [5.41, 5.74) is 0.950. The molecule has 12 nitrogen and oxygen atoms in total. The molecule has 0 radical (unpaired) electrons. The Morgan fingerprint density at radius 1 is 1.02 bits per heavy atom. The first kappa shape index (κ1) is 29.4. The van der Waals surface area contributed by atoms with Crippen molar-refractivity contribution >= 4 is 34.4 Å². The summed E-state index contributed by atoms with van der Waals surface area (Å²) in [5, 5.41) is 14.7. The molecule has 230 valence electrons. The van der Waals surface area contributed by atoms with Crippen molar-refractivity contribution in [3.05, 3.63) is 76.9 Å². The van der Waals surface area contributed by atoms with E-state index in [0.717, 1.165) is 11.4 Å². The number of rotatable bonds is 3. The van der Waals surface area contributed by atoms with Crippen LogP contribution in [0, 0.1) is 0 Å². The Morgan fingerprint density at radius 2 is 1.77 bits per heavy atom. The lowest BCUT2D eigenvalue weighted by Gasteiger charge is -2.36. The quantitative estimate of drug-likeness (QED) is 0.331. The van der Waals surface area contributed by atoms with Crippen LogP contribution in [0.1, 0.15) is 46.2 Å². The molecule has 1 amide bonds. The van der Waals surface area contributed by atoms with Gasteiger partial charge in [0.2, 0.25) is 5.95 Å². The van der Waals surface area contributed by atoms with Crippen LogP contribution in [-0.4, -0.2) is 72.2 Å². The van der Waals surface area contributed by atoms with E-state index in [1.807, 2.05) is 63.3 Å². The predicted octanol–water partition coefficient (Wildman–Crippen LogP) is 4.34. The summed E-state index contributed by atoms with van der Waals surface area (Å²) in [6, 6.07) is 13.4. The Balaban J connectivity index is 1.23. The number of allylic oxidation sites excluding steroid dienone is 2. The summed E-state index contributed by atoms with van der Waals surface area (Å²) in [7, 11) is 0. The number of carbonyl (C=O) groups is 1. The van der Waals surface area contributed by atoms with Crippen LogP contribution >= 0.6 is 0 Å². The zero-order valence-corrected chi connectivity index (χ0v) is 25.5. The molecule has 3 aromatic heterocycles. The van der Waals surface area contributed by atoms with Gasteiger partial charge in [0.1, 0.15) is 16.6 Å². The second kappa shape index (κ2) is 11.4. The molecule has 1 aromatic carbocycles. The maximum absolute atomic E-state index is 13.4. The number of nitrogens with zero attached hydrogens (tertiary/aromatic N) is 7. The Bertz CT molecular complexity index is 1760. The van der Waals surface area contributed by atoms with Crippen LogP contribution in [0.4, 0.5) is 22.1 Å². The average molecular weight is 599 g/mol. The minimum atomic E-state index is -1.11. The van der Waals surface area contributed by atoms with Gasteiger partial charge in [-0.3, -0.25) is 4.79 Å². The van der Waals surface area contributed by atoms with E-state index in [0.29, 0.717) is 74.1 Å². The molecule has 5 heterocycles. The van der Waals surface area contributed by atoms with Crippen molar-refractivity contribution in [1.82, 2.24) is 29.2 Å². The van der Waals surface area contributed by atoms with Gasteiger partial charge in [-0.15, -0.1) is 0 Å². The largest absolute Gasteiger partial charge is 0.444 e. The number of hydrogen-bond acceptors (Lipinski definition) is 9. The van der Waals surface area contributed by atoms with E-state index < -0.39 is 11.2 Å². The Morgan fingerprint density at radius 3 is 2.50 bits per heavy atom. The number of hydrogen-bond donors (Lipinski definition) is 2. The van der Waals surface area contributed by atoms with E-state index >= 15 is 0 Å². The van der Waals surface area contributed by atoms with Crippen LogP contribution in [0.5, 0.6) is 0 Å². The number of carbonyl (C=O) groups excluding carboxylic acids is 1. The molecule has 0 spiro atoms. The summed E-state index contributed by atoms with van der Waals surface area (Å²) >= 11 is 0. The highest BCUT2D eigenvalue weighted by molar-refractivity contribution is 5.77. The lowest BCUT2D eigenvalue weighted by Crippen LogP contribution is -2.50. The molecule has 2 aliphatic heterocycles. The molecular formula is C32H38N8O4. The molecule has 44 heavy (non-hydrogen) atoms. The van der Waals surface area contributed by atoms with Gasteiger partial charge >= 0.3 is 6.09 Å². The maximum atomic E-state index is 13.4. The number of aromatic nitrogens is 5. The molecule has 4 aromatic rings. The SMILES string of the molecule is CC(C)(C)OC(=O)N1CCN(c2ccc(Nc3ncc4c(=O)n5n(c4n3)-c3cccc(n3)[C@](C)(O)CC/C=C\C5)cc2)CC1. The first-order valence-corrected chi connectivity index (χ1v) is 14.9. The van der Waals surface area contributed by atoms with E-state index in [1.54, 1.807) is 33.3 Å². The van der Waals surface area contributed by atoms with Crippen LogP contribution in [-0.2, 0) is 16.9 Å². The van der Waals surface area contributed by atoms with E-state index in [-0.39, 0.29) is 11.7 Å². The van der Waals surface area contributed by atoms with Gasteiger partial charge in [-0.25, -0.2) is 24.1 Å². The number of pyridine rings is 1. The van der Waals surface area contributed by atoms with Crippen molar-refractivity contribution < 1.29 is 14.6 Å². The summed E-state index contributed by atoms with van der Waals surface area (Å²) in [6.07, 6.45) is 6.32. The molecule has 6 rings (SSSR count). The van der Waals surface area contributed by atoms with Gasteiger partial charge in [-0.05, 0) is 76.9 Å². The Hall–Kier alpha value is -4.71. The summed E-state index contributed by atoms with van der Waals surface area (Å²) in [5.74, 6) is 0.830. The molecule has 12 heteroatoms. The van der Waals surface area contributed by atoms with Crippen LogP contribution in [0.2, 0.25) is 0 Å². The number of ether oxygens (including phenoxy) is 1. The van der Waals surface area contributed by atoms with Crippen LogP contribution in [0.15, 0.2) is 65.6 Å². The number of nitrogens with one attached hydrogen (secondary N) is 1. The van der Waals surface area contributed by atoms with Crippen molar-refractivity contribution in [1.29, 1.82) is 0 Å². The topological polar surface area (TPSA) is 131 Å². The van der Waals surface area contributed by atoms with Gasteiger partial charge in [-0.1, -0.05) is 18.2 Å². The highest BCUT2D eigenvalue weighted by atomic mass is 16.6. The number of aliphatic hydroxyl groups is 1. The summed E-state index contributed by atoms with van der Waals surface area (Å²) < 4.78 is 8.79. The van der Waals surface area contributed by atoms with Crippen molar-refractivity contribution in [2.24, 2.45) is 0 Å². The molecule has 2 bridgehead atoms. The van der Waals surface area contributed by atoms with Gasteiger partial charge in [0.15, 0.2) is 11.5 Å². The highest BCUT2D eigenvalue weighted by Crippen LogP contribution is 2.27. The third-order valence-corrected chi connectivity index (χ3v) is 7.84. The molecule has 1 saturated heterocycles. The number of amides is 1. The number of benzene rings is 1. The standard InChI is InChI=1S/C32H38N8O4/c1-31(2,3)44-30(42)38-19-17-37(18-20-38)23-13-11-22(12-14-23)34-29-33-21-24-27(36-29)40-26-10-8-9-25(35-26)32(4,43)15-6-5-7-16-39(40)28(24)41/h5,7-14,21,43H,6,15-20H2,1-4H3,(H,33,34,36)/b7-5-/t32-/m1/s1. The van der Waals surface area contributed by atoms with Crippen LogP contribution < -0.4 is 15.8 Å². The third-order valence-electron chi connectivity index (χ3n) is 7.84. The normalized spacial score (nSPS) is 19.7. The number of anilines is 3. The van der Waals surface area contributed by atoms with E-state index in [1.165, 1.54) is 6.20 Å². The lowest BCUT2D eigenvalue weighted by atomic mass is 9.95. The summed E-state index contributed by atoms with van der Waals surface area (Å²) in [4.78, 5) is 43.7. The minimum Gasteiger partial charge on any atom is -0.444 e. The monoisotopic (exact) mass is 598 g/mol. The van der Waals surface area contributed by atoms with E-state index in [4.69, 9.17) is 14.7 Å². The van der Waals surface area contributed by atoms with Gasteiger partial charge in [0.05, 0.1) is 12.2 Å². The molecule has 0 saturated carbocycles. The first-order valence-electron chi connectivity index (χ1n) is 14.9. The van der Waals surface area contributed by atoms with Crippen LogP contribution in [0.25, 0.3) is 16.9 Å². The zero-order chi connectivity index (χ0) is 31.1. The molecule has 0 unspecified atom stereocenters. The minimum absolute atomic E-state index is 0.217. The highest BCUT2D eigenvalue weighted by Gasteiger charge is 2.27.